The van der Waals surface area contributed by atoms with Crippen LogP contribution in [0.5, 0.6) is 0 Å². The highest BCUT2D eigenvalue weighted by molar-refractivity contribution is 7.08. The molecular weight excluding hydrogens is 402 g/mol. The van der Waals surface area contributed by atoms with E-state index >= 15 is 0 Å². The molecule has 0 saturated heterocycles. The van der Waals surface area contributed by atoms with Gasteiger partial charge in [0.15, 0.2) is 0 Å². The van der Waals surface area contributed by atoms with Gasteiger partial charge in [-0.25, -0.2) is 9.48 Å². The molecule has 0 bridgehead atoms. The van der Waals surface area contributed by atoms with E-state index in [1.165, 1.54) is 16.0 Å². The van der Waals surface area contributed by atoms with Crippen molar-refractivity contribution in [3.8, 4) is 11.3 Å². The van der Waals surface area contributed by atoms with Crippen molar-refractivity contribution in [2.24, 2.45) is 0 Å². The molecule has 1 N–H and O–H groups in total. The van der Waals surface area contributed by atoms with Gasteiger partial charge in [-0.15, -0.1) is 0 Å². The number of hydrogen-bond acceptors (Lipinski definition) is 8. The Morgan fingerprint density at radius 3 is 2.87 bits per heavy atom. The van der Waals surface area contributed by atoms with E-state index in [0.29, 0.717) is 23.4 Å². The molecule has 0 spiro atoms. The van der Waals surface area contributed by atoms with Crippen LogP contribution in [0, 0.1) is 0 Å². The number of nitrogens with one attached hydrogen (secondary N) is 1. The Morgan fingerprint density at radius 1 is 1.27 bits per heavy atom. The molecule has 0 aliphatic heterocycles. The van der Waals surface area contributed by atoms with Crippen molar-refractivity contribution in [1.82, 2.24) is 19.7 Å². The van der Waals surface area contributed by atoms with E-state index in [1.54, 1.807) is 31.6 Å². The van der Waals surface area contributed by atoms with Gasteiger partial charge in [0.05, 0.1) is 30.2 Å². The third-order valence-corrected chi connectivity index (χ3v) is 5.20. The van der Waals surface area contributed by atoms with Gasteiger partial charge in [-0.1, -0.05) is 0 Å². The zero-order valence-electron chi connectivity index (χ0n) is 16.5. The highest BCUT2D eigenvalue weighted by Crippen LogP contribution is 2.31. The molecule has 0 fully saturated rings. The lowest BCUT2D eigenvalue weighted by atomic mass is 10.1. The summed E-state index contributed by atoms with van der Waals surface area (Å²) in [4.78, 5) is 34.6. The molecule has 0 aliphatic carbocycles. The smallest absolute Gasteiger partial charge is 0.342 e. The van der Waals surface area contributed by atoms with E-state index in [-0.39, 0.29) is 17.9 Å². The summed E-state index contributed by atoms with van der Waals surface area (Å²) in [6.07, 6.45) is 4.91. The lowest BCUT2D eigenvalue weighted by molar-refractivity contribution is 0.0527. The second kappa shape index (κ2) is 8.42. The molecule has 0 unspecified atom stereocenters. The van der Waals surface area contributed by atoms with Crippen LogP contribution in [0.2, 0.25) is 0 Å². The fourth-order valence-corrected chi connectivity index (χ4v) is 3.78. The van der Waals surface area contributed by atoms with Crippen LogP contribution in [0.3, 0.4) is 0 Å². The van der Waals surface area contributed by atoms with Crippen LogP contribution >= 0.6 is 11.3 Å². The van der Waals surface area contributed by atoms with Crippen LogP contribution in [-0.2, 0) is 11.3 Å². The number of nitrogens with zero attached hydrogens (tertiary/aromatic N) is 4. The van der Waals surface area contributed by atoms with Crippen molar-refractivity contribution in [2.45, 2.75) is 20.4 Å². The molecule has 9 heteroatoms. The lowest BCUT2D eigenvalue weighted by Gasteiger charge is -2.16. The van der Waals surface area contributed by atoms with Crippen LogP contribution < -0.4 is 10.9 Å². The van der Waals surface area contributed by atoms with Gasteiger partial charge < -0.3 is 10.1 Å². The van der Waals surface area contributed by atoms with Gasteiger partial charge >= 0.3 is 5.97 Å². The number of anilines is 2. The highest BCUT2D eigenvalue weighted by Gasteiger charge is 2.26. The minimum absolute atomic E-state index is 0.102. The molecule has 0 atom stereocenters. The largest absolute Gasteiger partial charge is 0.462 e. The van der Waals surface area contributed by atoms with Crippen molar-refractivity contribution in [3.05, 3.63) is 63.5 Å². The van der Waals surface area contributed by atoms with Crippen LogP contribution in [0.15, 0.2) is 52.3 Å². The molecule has 4 heterocycles. The van der Waals surface area contributed by atoms with Gasteiger partial charge in [-0.2, -0.15) is 16.4 Å². The Hall–Kier alpha value is -3.59. The average molecular weight is 421 g/mol. The Balaban J connectivity index is 1.98. The van der Waals surface area contributed by atoms with Crippen molar-refractivity contribution in [1.29, 1.82) is 0 Å². The number of rotatable bonds is 6. The summed E-state index contributed by atoms with van der Waals surface area (Å²) in [5, 5.41) is 12.1. The molecule has 4 aromatic rings. The van der Waals surface area contributed by atoms with Crippen molar-refractivity contribution in [2.75, 3.05) is 11.9 Å². The molecule has 30 heavy (non-hydrogen) atoms. The number of aromatic nitrogens is 4. The number of pyridine rings is 2. The van der Waals surface area contributed by atoms with Crippen molar-refractivity contribution < 1.29 is 9.53 Å². The molecule has 4 rings (SSSR count). The van der Waals surface area contributed by atoms with Gasteiger partial charge in [0.2, 0.25) is 0 Å². The first-order valence-corrected chi connectivity index (χ1v) is 10.4. The van der Waals surface area contributed by atoms with Crippen molar-refractivity contribution >= 4 is 39.6 Å². The molecule has 0 amide bonds. The van der Waals surface area contributed by atoms with Gasteiger partial charge in [-0.05, 0) is 37.4 Å². The van der Waals surface area contributed by atoms with Crippen LogP contribution in [0.1, 0.15) is 24.2 Å². The first kappa shape index (κ1) is 19.7. The van der Waals surface area contributed by atoms with E-state index in [9.17, 15) is 9.59 Å². The summed E-state index contributed by atoms with van der Waals surface area (Å²) in [5.41, 5.74) is 2.16. The molecule has 8 nitrogen and oxygen atoms in total. The summed E-state index contributed by atoms with van der Waals surface area (Å²) >= 11 is 1.48. The number of esters is 1. The number of ether oxygens (including phenoxy) is 1. The predicted molar refractivity (Wildman–Crippen MR) is 116 cm³/mol. The number of aryl methyl sites for hydroxylation is 1. The molecule has 152 valence electrons. The minimum Gasteiger partial charge on any atom is -0.462 e. The molecular formula is C21H19N5O3S. The fraction of sp³-hybridized carbons (Fsp3) is 0.190. The molecule has 0 radical (unpaired) electrons. The first-order chi connectivity index (χ1) is 14.6. The third-order valence-electron chi connectivity index (χ3n) is 4.52. The number of fused-ring (bicyclic) bond motifs is 1. The number of hydrogen-bond donors (Lipinski definition) is 1. The first-order valence-electron chi connectivity index (χ1n) is 9.44. The zero-order valence-corrected chi connectivity index (χ0v) is 17.3. The summed E-state index contributed by atoms with van der Waals surface area (Å²) in [5.74, 6) is -0.611. The average Bonchev–Trinajstić information content (AvgIpc) is 3.30. The molecule has 0 aromatic carbocycles. The van der Waals surface area contributed by atoms with E-state index < -0.39 is 11.5 Å². The number of carbonyl (C=O) groups excluding carboxylic acids is 1. The van der Waals surface area contributed by atoms with E-state index in [4.69, 9.17) is 4.74 Å². The van der Waals surface area contributed by atoms with Gasteiger partial charge in [0, 0.05) is 29.1 Å². The fourth-order valence-electron chi connectivity index (χ4n) is 3.14. The van der Waals surface area contributed by atoms with Crippen molar-refractivity contribution in [3.63, 3.8) is 0 Å². The zero-order chi connectivity index (χ0) is 21.1. The molecule has 0 saturated carbocycles. The Kier molecular flexibility index (Phi) is 5.53. The van der Waals surface area contributed by atoms with Gasteiger partial charge in [0.25, 0.3) is 5.56 Å². The third kappa shape index (κ3) is 3.55. The Labute approximate surface area is 176 Å². The minimum atomic E-state index is -0.611. The van der Waals surface area contributed by atoms with Crippen LogP contribution in [0.25, 0.3) is 22.2 Å². The van der Waals surface area contributed by atoms with E-state index in [2.05, 4.69) is 20.4 Å². The predicted octanol–water partition coefficient (Wildman–Crippen LogP) is 3.86. The Bertz CT molecular complexity index is 1260. The van der Waals surface area contributed by atoms with E-state index in [0.717, 1.165) is 10.9 Å². The maximum atomic E-state index is 13.2. The molecule has 4 aromatic heterocycles. The quantitative estimate of drug-likeness (QED) is 0.472. The standard InChI is InChI=1S/C21H19N5O3S/c1-3-26-20(27)19(24-16-11-22-10-15-14(16)6-5-8-23-15)17(21(28)29-4-2)18(25-26)13-7-9-30-12-13/h5-12,24H,3-4H2,1-2H3. The van der Waals surface area contributed by atoms with Gasteiger partial charge in [0.1, 0.15) is 16.9 Å². The summed E-state index contributed by atoms with van der Waals surface area (Å²) in [6.45, 7) is 4.07. The van der Waals surface area contributed by atoms with E-state index in [1.807, 2.05) is 29.8 Å². The Morgan fingerprint density at radius 2 is 2.13 bits per heavy atom. The highest BCUT2D eigenvalue weighted by atomic mass is 32.1. The number of carbonyl (C=O) groups is 1. The topological polar surface area (TPSA) is 99.0 Å². The van der Waals surface area contributed by atoms with Crippen LogP contribution in [0.4, 0.5) is 11.4 Å². The molecule has 0 aliphatic rings. The monoisotopic (exact) mass is 421 g/mol. The normalized spacial score (nSPS) is 10.9. The maximum absolute atomic E-state index is 13.2. The summed E-state index contributed by atoms with van der Waals surface area (Å²) in [6, 6.07) is 5.52. The SMILES string of the molecule is CCOC(=O)c1c(-c2ccsc2)nn(CC)c(=O)c1Nc1cncc2ncccc12. The lowest BCUT2D eigenvalue weighted by Crippen LogP contribution is -2.29. The van der Waals surface area contributed by atoms with Gasteiger partial charge in [-0.3, -0.25) is 14.8 Å². The maximum Gasteiger partial charge on any atom is 0.342 e. The number of thiophene rings is 1. The summed E-state index contributed by atoms with van der Waals surface area (Å²) in [7, 11) is 0. The summed E-state index contributed by atoms with van der Waals surface area (Å²) < 4.78 is 6.60. The second-order valence-corrected chi connectivity index (χ2v) is 7.11. The van der Waals surface area contributed by atoms with Crippen LogP contribution in [-0.4, -0.2) is 32.3 Å². The second-order valence-electron chi connectivity index (χ2n) is 6.33.